The van der Waals surface area contributed by atoms with Crippen LogP contribution in [0.25, 0.3) is 0 Å². The summed E-state index contributed by atoms with van der Waals surface area (Å²) in [4.78, 5) is 28.9. The number of amides is 2. The summed E-state index contributed by atoms with van der Waals surface area (Å²) < 4.78 is 26.5. The number of rotatable bonds is 13. The van der Waals surface area contributed by atoms with Crippen LogP contribution in [0, 0.1) is 0 Å². The summed E-state index contributed by atoms with van der Waals surface area (Å²) in [6.45, 7) is 2.20. The van der Waals surface area contributed by atoms with Crippen LogP contribution in [0.5, 0.6) is 0 Å². The maximum absolute atomic E-state index is 13.9. The average Bonchev–Trinajstić information content (AvgIpc) is 2.90. The lowest BCUT2D eigenvalue weighted by Gasteiger charge is -2.33. The van der Waals surface area contributed by atoms with E-state index in [1.165, 1.54) is 4.90 Å². The van der Waals surface area contributed by atoms with Gasteiger partial charge in [0.2, 0.25) is 21.8 Å². The SMILES string of the molecule is CCCCNC(=O)[C@H](Cc1ccccc1)N(Cc1ccc(Cl)cc1)C(=O)CN(c1ccccc1)S(C)(=O)=O. The number of hydrogen-bond acceptors (Lipinski definition) is 4. The molecule has 0 bridgehead atoms. The van der Waals surface area contributed by atoms with Gasteiger partial charge in [0, 0.05) is 24.5 Å². The molecule has 0 fully saturated rings. The minimum absolute atomic E-state index is 0.112. The minimum Gasteiger partial charge on any atom is -0.354 e. The molecule has 38 heavy (non-hydrogen) atoms. The van der Waals surface area contributed by atoms with E-state index in [-0.39, 0.29) is 18.9 Å². The molecule has 0 unspecified atom stereocenters. The lowest BCUT2D eigenvalue weighted by Crippen LogP contribution is -2.53. The molecule has 3 rings (SSSR count). The van der Waals surface area contributed by atoms with Crippen molar-refractivity contribution in [1.82, 2.24) is 10.2 Å². The Morgan fingerprint density at radius 2 is 1.50 bits per heavy atom. The van der Waals surface area contributed by atoms with Gasteiger partial charge in [-0.25, -0.2) is 8.42 Å². The number of carbonyl (C=O) groups is 2. The van der Waals surface area contributed by atoms with E-state index in [1.807, 2.05) is 37.3 Å². The molecule has 202 valence electrons. The molecular weight excluding hydrogens is 522 g/mol. The largest absolute Gasteiger partial charge is 0.354 e. The number of carbonyl (C=O) groups excluding carboxylic acids is 2. The van der Waals surface area contributed by atoms with Gasteiger partial charge in [-0.05, 0) is 41.8 Å². The zero-order chi connectivity index (χ0) is 27.5. The third-order valence-electron chi connectivity index (χ3n) is 6.09. The van der Waals surface area contributed by atoms with Gasteiger partial charge < -0.3 is 10.2 Å². The number of hydrogen-bond donors (Lipinski definition) is 1. The Kier molecular flexibility index (Phi) is 10.7. The van der Waals surface area contributed by atoms with Crippen molar-refractivity contribution in [3.8, 4) is 0 Å². The van der Waals surface area contributed by atoms with Crippen molar-refractivity contribution in [3.05, 3.63) is 101 Å². The summed E-state index contributed by atoms with van der Waals surface area (Å²) in [7, 11) is -3.78. The van der Waals surface area contributed by atoms with Crippen molar-refractivity contribution in [2.24, 2.45) is 0 Å². The number of nitrogens with one attached hydrogen (secondary N) is 1. The molecule has 0 aliphatic carbocycles. The molecule has 9 heteroatoms. The predicted molar refractivity (Wildman–Crippen MR) is 152 cm³/mol. The van der Waals surface area contributed by atoms with Crippen molar-refractivity contribution in [2.75, 3.05) is 23.7 Å². The zero-order valence-corrected chi connectivity index (χ0v) is 23.3. The Morgan fingerprint density at radius 1 is 0.895 bits per heavy atom. The fourth-order valence-electron chi connectivity index (χ4n) is 4.05. The van der Waals surface area contributed by atoms with Gasteiger partial charge in [-0.1, -0.05) is 85.6 Å². The van der Waals surface area contributed by atoms with Gasteiger partial charge in [0.15, 0.2) is 0 Å². The van der Waals surface area contributed by atoms with Crippen molar-refractivity contribution in [2.45, 2.75) is 38.8 Å². The quantitative estimate of drug-likeness (QED) is 0.311. The number of benzene rings is 3. The summed E-state index contributed by atoms with van der Waals surface area (Å²) in [6.07, 6.45) is 3.07. The fourth-order valence-corrected chi connectivity index (χ4v) is 5.03. The molecule has 3 aromatic rings. The first kappa shape index (κ1) is 29.2. The van der Waals surface area contributed by atoms with Crippen LogP contribution in [-0.2, 0) is 32.6 Å². The van der Waals surface area contributed by atoms with Crippen LogP contribution in [0.15, 0.2) is 84.9 Å². The highest BCUT2D eigenvalue weighted by Crippen LogP contribution is 2.20. The van der Waals surface area contributed by atoms with Crippen LogP contribution < -0.4 is 9.62 Å². The Labute approximate surface area is 230 Å². The van der Waals surface area contributed by atoms with Crippen LogP contribution in [0.3, 0.4) is 0 Å². The zero-order valence-electron chi connectivity index (χ0n) is 21.7. The van der Waals surface area contributed by atoms with Gasteiger partial charge in [-0.2, -0.15) is 0 Å². The smallest absolute Gasteiger partial charge is 0.244 e. The summed E-state index contributed by atoms with van der Waals surface area (Å²) in [6, 6.07) is 24.1. The standard InChI is InChI=1S/C29H34ClN3O4S/c1-3-4-19-31-29(35)27(20-23-11-7-5-8-12-23)32(21-24-15-17-25(30)18-16-24)28(34)22-33(38(2,36)37)26-13-9-6-10-14-26/h5-18,27H,3-4,19-22H2,1-2H3,(H,31,35)/t27-/m0/s1. The molecule has 0 aliphatic rings. The second-order valence-corrected chi connectivity index (χ2v) is 11.4. The van der Waals surface area contributed by atoms with Gasteiger partial charge in [-0.3, -0.25) is 13.9 Å². The molecule has 0 heterocycles. The molecule has 0 saturated heterocycles. The topological polar surface area (TPSA) is 86.8 Å². The molecule has 0 radical (unpaired) electrons. The maximum atomic E-state index is 13.9. The number of halogens is 1. The highest BCUT2D eigenvalue weighted by atomic mass is 35.5. The first-order chi connectivity index (χ1) is 18.2. The van der Waals surface area contributed by atoms with Gasteiger partial charge in [0.05, 0.1) is 11.9 Å². The highest BCUT2D eigenvalue weighted by molar-refractivity contribution is 7.92. The minimum atomic E-state index is -3.78. The number of sulfonamides is 1. The molecule has 3 aromatic carbocycles. The van der Waals surface area contributed by atoms with E-state index in [0.29, 0.717) is 17.3 Å². The Hall–Kier alpha value is -3.36. The van der Waals surface area contributed by atoms with E-state index in [4.69, 9.17) is 11.6 Å². The lowest BCUT2D eigenvalue weighted by atomic mass is 10.0. The summed E-state index contributed by atoms with van der Waals surface area (Å²) in [5.41, 5.74) is 2.04. The van der Waals surface area contributed by atoms with Crippen molar-refractivity contribution >= 4 is 39.1 Å². The molecule has 1 atom stereocenters. The number of unbranched alkanes of at least 4 members (excludes halogenated alkanes) is 1. The van der Waals surface area contributed by atoms with E-state index >= 15 is 0 Å². The molecule has 0 saturated carbocycles. The van der Waals surface area contributed by atoms with Crippen LogP contribution in [0.1, 0.15) is 30.9 Å². The Morgan fingerprint density at radius 3 is 2.08 bits per heavy atom. The average molecular weight is 556 g/mol. The maximum Gasteiger partial charge on any atom is 0.244 e. The molecule has 0 aromatic heterocycles. The van der Waals surface area contributed by atoms with E-state index in [2.05, 4.69) is 5.32 Å². The Balaban J connectivity index is 2.01. The Bertz CT molecular complexity index is 1290. The van der Waals surface area contributed by atoms with Gasteiger partial charge in [0.25, 0.3) is 0 Å². The van der Waals surface area contributed by atoms with Crippen LogP contribution >= 0.6 is 11.6 Å². The van der Waals surface area contributed by atoms with Crippen molar-refractivity contribution < 1.29 is 18.0 Å². The van der Waals surface area contributed by atoms with E-state index in [9.17, 15) is 18.0 Å². The van der Waals surface area contributed by atoms with Gasteiger partial charge in [-0.15, -0.1) is 0 Å². The lowest BCUT2D eigenvalue weighted by molar-refractivity contribution is -0.140. The van der Waals surface area contributed by atoms with Crippen LogP contribution in [0.2, 0.25) is 5.02 Å². The van der Waals surface area contributed by atoms with Crippen molar-refractivity contribution in [1.29, 1.82) is 0 Å². The third-order valence-corrected chi connectivity index (χ3v) is 7.48. The molecule has 1 N–H and O–H groups in total. The number of nitrogens with zero attached hydrogens (tertiary/aromatic N) is 2. The second kappa shape index (κ2) is 14.0. The summed E-state index contributed by atoms with van der Waals surface area (Å²) in [5, 5.41) is 3.52. The van der Waals surface area contributed by atoms with E-state index in [0.717, 1.165) is 34.5 Å². The normalized spacial score (nSPS) is 12.0. The molecular formula is C29H34ClN3O4S. The van der Waals surface area contributed by atoms with Gasteiger partial charge >= 0.3 is 0 Å². The van der Waals surface area contributed by atoms with E-state index in [1.54, 1.807) is 54.6 Å². The fraction of sp³-hybridized carbons (Fsp3) is 0.310. The predicted octanol–water partition coefficient (Wildman–Crippen LogP) is 4.66. The monoisotopic (exact) mass is 555 g/mol. The van der Waals surface area contributed by atoms with Crippen LogP contribution in [0.4, 0.5) is 5.69 Å². The van der Waals surface area contributed by atoms with Crippen LogP contribution in [-0.4, -0.2) is 50.5 Å². The summed E-state index contributed by atoms with van der Waals surface area (Å²) in [5.74, 6) is -0.768. The molecule has 0 spiro atoms. The highest BCUT2D eigenvalue weighted by Gasteiger charge is 2.32. The van der Waals surface area contributed by atoms with Gasteiger partial charge in [0.1, 0.15) is 12.6 Å². The first-order valence-electron chi connectivity index (χ1n) is 12.6. The second-order valence-electron chi connectivity index (χ2n) is 9.10. The molecule has 7 nitrogen and oxygen atoms in total. The molecule has 0 aliphatic heterocycles. The van der Waals surface area contributed by atoms with E-state index < -0.39 is 28.5 Å². The summed E-state index contributed by atoms with van der Waals surface area (Å²) >= 11 is 6.07. The molecule has 2 amide bonds. The van der Waals surface area contributed by atoms with Crippen molar-refractivity contribution in [3.63, 3.8) is 0 Å². The first-order valence-corrected chi connectivity index (χ1v) is 14.8. The number of para-hydroxylation sites is 1. The number of anilines is 1. The third kappa shape index (κ3) is 8.60.